The first-order valence-electron chi connectivity index (χ1n) is 8.44. The lowest BCUT2D eigenvalue weighted by Gasteiger charge is -2.32. The van der Waals surface area contributed by atoms with Crippen LogP contribution in [0.4, 0.5) is 4.79 Å². The zero-order chi connectivity index (χ0) is 16.9. The van der Waals surface area contributed by atoms with Gasteiger partial charge in [-0.15, -0.1) is 0 Å². The number of nitrogens with one attached hydrogen (secondary N) is 1. The summed E-state index contributed by atoms with van der Waals surface area (Å²) < 4.78 is 10.5. The van der Waals surface area contributed by atoms with Crippen LogP contribution >= 0.6 is 0 Å². The van der Waals surface area contributed by atoms with Crippen molar-refractivity contribution in [2.75, 3.05) is 32.9 Å². The second kappa shape index (κ2) is 7.97. The molecule has 2 amide bonds. The van der Waals surface area contributed by atoms with E-state index in [1.807, 2.05) is 0 Å². The van der Waals surface area contributed by atoms with Gasteiger partial charge in [-0.2, -0.15) is 0 Å². The Bertz CT molecular complexity index is 414. The van der Waals surface area contributed by atoms with Crippen LogP contribution in [0.25, 0.3) is 0 Å². The fourth-order valence-corrected chi connectivity index (χ4v) is 2.79. The number of amides is 2. The maximum atomic E-state index is 12.4. The molecule has 7 heteroatoms. The summed E-state index contributed by atoms with van der Waals surface area (Å²) in [5, 5.41) is 3.06. The van der Waals surface area contributed by atoms with Crippen molar-refractivity contribution in [2.24, 2.45) is 11.1 Å². The Kier molecular flexibility index (Phi) is 6.24. The van der Waals surface area contributed by atoms with Gasteiger partial charge in [-0.05, 0) is 39.5 Å². The van der Waals surface area contributed by atoms with Gasteiger partial charge in [-0.25, -0.2) is 4.79 Å². The van der Waals surface area contributed by atoms with Crippen LogP contribution in [0.5, 0.6) is 0 Å². The second-order valence-electron chi connectivity index (χ2n) is 7.12. The average Bonchev–Trinajstić information content (AvgIpc) is 2.55. The van der Waals surface area contributed by atoms with Crippen molar-refractivity contribution in [3.63, 3.8) is 0 Å². The van der Waals surface area contributed by atoms with E-state index in [0.29, 0.717) is 26.3 Å². The third-order valence-corrected chi connectivity index (χ3v) is 4.55. The Morgan fingerprint density at radius 2 is 1.83 bits per heavy atom. The van der Waals surface area contributed by atoms with Gasteiger partial charge in [0.1, 0.15) is 6.61 Å². The van der Waals surface area contributed by atoms with E-state index in [1.165, 1.54) is 0 Å². The third-order valence-electron chi connectivity index (χ3n) is 4.55. The van der Waals surface area contributed by atoms with Crippen molar-refractivity contribution in [1.29, 1.82) is 0 Å². The zero-order valence-corrected chi connectivity index (χ0v) is 14.2. The van der Waals surface area contributed by atoms with Gasteiger partial charge in [0.15, 0.2) is 0 Å². The predicted molar refractivity (Wildman–Crippen MR) is 85.9 cm³/mol. The van der Waals surface area contributed by atoms with E-state index >= 15 is 0 Å². The fourth-order valence-electron chi connectivity index (χ4n) is 2.79. The van der Waals surface area contributed by atoms with E-state index < -0.39 is 5.41 Å². The normalized spacial score (nSPS) is 25.8. The van der Waals surface area contributed by atoms with Gasteiger partial charge < -0.3 is 25.4 Å². The van der Waals surface area contributed by atoms with Gasteiger partial charge >= 0.3 is 6.09 Å². The molecule has 2 rings (SSSR count). The lowest BCUT2D eigenvalue weighted by atomic mass is 9.89. The Morgan fingerprint density at radius 1 is 1.22 bits per heavy atom. The molecule has 0 aromatic rings. The molecule has 0 spiro atoms. The highest BCUT2D eigenvalue weighted by Gasteiger charge is 2.32. The summed E-state index contributed by atoms with van der Waals surface area (Å²) in [6, 6.07) is 0.433. The van der Waals surface area contributed by atoms with Gasteiger partial charge in [0.05, 0.1) is 18.6 Å². The molecule has 0 radical (unpaired) electrons. The molecule has 0 atom stereocenters. The molecule has 0 aromatic heterocycles. The number of morpholine rings is 1. The summed E-state index contributed by atoms with van der Waals surface area (Å²) in [4.78, 5) is 26.0. The molecule has 0 bridgehead atoms. The van der Waals surface area contributed by atoms with Crippen molar-refractivity contribution in [1.82, 2.24) is 10.2 Å². The summed E-state index contributed by atoms with van der Waals surface area (Å²) in [5.74, 6) is -0.0762. The summed E-state index contributed by atoms with van der Waals surface area (Å²) in [5.41, 5.74) is 5.13. The molecular formula is C16H29N3O4. The lowest BCUT2D eigenvalue weighted by molar-refractivity contribution is -0.132. The Hall–Kier alpha value is -1.34. The minimum atomic E-state index is -0.749. The molecule has 0 aromatic carbocycles. The van der Waals surface area contributed by atoms with Crippen LogP contribution in [0.15, 0.2) is 0 Å². The van der Waals surface area contributed by atoms with Crippen molar-refractivity contribution in [3.05, 3.63) is 0 Å². The molecule has 1 saturated carbocycles. The number of carbonyl (C=O) groups excluding carboxylic acids is 2. The van der Waals surface area contributed by atoms with Crippen molar-refractivity contribution in [2.45, 2.75) is 51.6 Å². The van der Waals surface area contributed by atoms with Crippen LogP contribution in [0.3, 0.4) is 0 Å². The third kappa shape index (κ3) is 5.35. The summed E-state index contributed by atoms with van der Waals surface area (Å²) in [7, 11) is 0. The molecule has 0 unspecified atom stereocenters. The topological polar surface area (TPSA) is 93.9 Å². The van der Waals surface area contributed by atoms with Crippen molar-refractivity contribution < 1.29 is 19.1 Å². The zero-order valence-electron chi connectivity index (χ0n) is 14.2. The minimum Gasteiger partial charge on any atom is -0.448 e. The highest BCUT2D eigenvalue weighted by atomic mass is 16.6. The number of rotatable bonds is 4. The maximum absolute atomic E-state index is 12.4. The number of nitrogens with two attached hydrogens (primary N) is 1. The molecule has 132 valence electrons. The highest BCUT2D eigenvalue weighted by molar-refractivity contribution is 5.82. The number of ether oxygens (including phenoxy) is 2. The van der Waals surface area contributed by atoms with E-state index in [9.17, 15) is 9.59 Å². The van der Waals surface area contributed by atoms with Crippen LogP contribution in [-0.4, -0.2) is 61.9 Å². The quantitative estimate of drug-likeness (QED) is 0.799. The van der Waals surface area contributed by atoms with Crippen molar-refractivity contribution in [3.8, 4) is 0 Å². The predicted octanol–water partition coefficient (Wildman–Crippen LogP) is 0.868. The van der Waals surface area contributed by atoms with Crippen LogP contribution in [-0.2, 0) is 14.3 Å². The van der Waals surface area contributed by atoms with Crippen molar-refractivity contribution >= 4 is 12.0 Å². The standard InChI is InChI=1S/C16H29N3O4/c1-16(2,11-23-15(21)19-7-9-22-10-8-19)14(20)18-13-5-3-12(17)4-6-13/h12-13H,3-11,17H2,1-2H3,(H,18,20). The van der Waals surface area contributed by atoms with E-state index in [1.54, 1.807) is 18.7 Å². The minimum absolute atomic E-state index is 0.0707. The number of carbonyl (C=O) groups is 2. The first-order chi connectivity index (χ1) is 10.9. The van der Waals surface area contributed by atoms with Gasteiger partial charge in [-0.1, -0.05) is 0 Å². The largest absolute Gasteiger partial charge is 0.448 e. The molecular weight excluding hydrogens is 298 g/mol. The Balaban J connectivity index is 1.75. The highest BCUT2D eigenvalue weighted by Crippen LogP contribution is 2.21. The molecule has 1 heterocycles. The van der Waals surface area contributed by atoms with E-state index in [2.05, 4.69) is 5.32 Å². The van der Waals surface area contributed by atoms with Crippen LogP contribution in [0.2, 0.25) is 0 Å². The first-order valence-corrected chi connectivity index (χ1v) is 8.44. The molecule has 2 fully saturated rings. The summed E-state index contributed by atoms with van der Waals surface area (Å²) in [6.45, 7) is 5.79. The van der Waals surface area contributed by atoms with Crippen LogP contribution in [0, 0.1) is 5.41 Å². The Morgan fingerprint density at radius 3 is 2.43 bits per heavy atom. The van der Waals surface area contributed by atoms with Gasteiger partial charge in [0.25, 0.3) is 0 Å². The average molecular weight is 327 g/mol. The number of nitrogens with zero attached hydrogens (tertiary/aromatic N) is 1. The number of hydrogen-bond donors (Lipinski definition) is 2. The van der Waals surface area contributed by atoms with Gasteiger partial charge in [0.2, 0.25) is 5.91 Å². The monoisotopic (exact) mass is 327 g/mol. The van der Waals surface area contributed by atoms with E-state index in [-0.39, 0.29) is 30.7 Å². The first kappa shape index (κ1) is 18.0. The fraction of sp³-hybridized carbons (Fsp3) is 0.875. The van der Waals surface area contributed by atoms with Crippen LogP contribution in [0.1, 0.15) is 39.5 Å². The lowest BCUT2D eigenvalue weighted by Crippen LogP contribution is -2.48. The molecule has 23 heavy (non-hydrogen) atoms. The van der Waals surface area contributed by atoms with E-state index in [4.69, 9.17) is 15.2 Å². The number of hydrogen-bond acceptors (Lipinski definition) is 5. The molecule has 1 saturated heterocycles. The molecule has 7 nitrogen and oxygen atoms in total. The molecule has 1 aliphatic heterocycles. The molecule has 2 aliphatic rings. The SMILES string of the molecule is CC(C)(COC(=O)N1CCOCC1)C(=O)NC1CCC(N)CC1. The molecule has 3 N–H and O–H groups in total. The van der Waals surface area contributed by atoms with Gasteiger partial charge in [0, 0.05) is 25.2 Å². The summed E-state index contributed by atoms with van der Waals surface area (Å²) >= 11 is 0. The smallest absolute Gasteiger partial charge is 0.409 e. The Labute approximate surface area is 137 Å². The van der Waals surface area contributed by atoms with E-state index in [0.717, 1.165) is 25.7 Å². The molecule has 1 aliphatic carbocycles. The second-order valence-corrected chi connectivity index (χ2v) is 7.12. The van der Waals surface area contributed by atoms with Gasteiger partial charge in [-0.3, -0.25) is 4.79 Å². The van der Waals surface area contributed by atoms with Crippen LogP contribution < -0.4 is 11.1 Å². The summed E-state index contributed by atoms with van der Waals surface area (Å²) in [6.07, 6.45) is 3.33. The maximum Gasteiger partial charge on any atom is 0.409 e.